The first kappa shape index (κ1) is 7.60. The molecule has 1 rings (SSSR count). The Labute approximate surface area is 64.7 Å². The first-order valence-electron chi connectivity index (χ1n) is 3.10. The standard InChI is InChI=1S/C8H8NO2/c1-6(10)9-7-2-4-8(11)5-3-7/h2-5,11H,1H2,(H,9,10). The van der Waals surface area contributed by atoms with Crippen molar-refractivity contribution in [3.05, 3.63) is 31.2 Å². The largest absolute Gasteiger partial charge is 0.508 e. The third kappa shape index (κ3) is 2.29. The molecule has 0 fully saturated rings. The first-order chi connectivity index (χ1) is 5.18. The second kappa shape index (κ2) is 3.05. The number of carbonyl (C=O) groups is 1. The number of rotatable bonds is 1. The fraction of sp³-hybridized carbons (Fsp3) is 0. The number of phenols is 1. The Balaban J connectivity index is 2.74. The van der Waals surface area contributed by atoms with Crippen LogP contribution in [0.15, 0.2) is 24.3 Å². The minimum absolute atomic E-state index is 0.173. The van der Waals surface area contributed by atoms with Gasteiger partial charge in [-0.3, -0.25) is 4.79 Å². The highest BCUT2D eigenvalue weighted by molar-refractivity contribution is 5.93. The predicted molar refractivity (Wildman–Crippen MR) is 42.1 cm³/mol. The van der Waals surface area contributed by atoms with Gasteiger partial charge >= 0.3 is 0 Å². The molecule has 0 aliphatic rings. The Morgan fingerprint density at radius 1 is 1.36 bits per heavy atom. The number of anilines is 1. The zero-order chi connectivity index (χ0) is 8.27. The van der Waals surface area contributed by atoms with Crippen molar-refractivity contribution in [3.63, 3.8) is 0 Å². The van der Waals surface area contributed by atoms with Crippen LogP contribution in [-0.4, -0.2) is 11.0 Å². The van der Waals surface area contributed by atoms with Crippen molar-refractivity contribution in [1.29, 1.82) is 0 Å². The number of hydrogen-bond acceptors (Lipinski definition) is 2. The summed E-state index contributed by atoms with van der Waals surface area (Å²) in [7, 11) is 0. The Morgan fingerprint density at radius 3 is 2.36 bits per heavy atom. The first-order valence-corrected chi connectivity index (χ1v) is 3.10. The summed E-state index contributed by atoms with van der Waals surface area (Å²) in [6.45, 7) is 3.14. The van der Waals surface area contributed by atoms with Crippen molar-refractivity contribution in [2.75, 3.05) is 5.32 Å². The molecular formula is C8H8NO2. The number of hydrogen-bond donors (Lipinski definition) is 2. The summed E-state index contributed by atoms with van der Waals surface area (Å²) in [5.41, 5.74) is 0.628. The zero-order valence-electron chi connectivity index (χ0n) is 5.87. The molecule has 1 amide bonds. The molecule has 0 aromatic heterocycles. The van der Waals surface area contributed by atoms with Crippen molar-refractivity contribution >= 4 is 11.6 Å². The molecule has 0 heterocycles. The van der Waals surface area contributed by atoms with Gasteiger partial charge in [0, 0.05) is 12.6 Å². The van der Waals surface area contributed by atoms with Gasteiger partial charge in [0.05, 0.1) is 0 Å². The van der Waals surface area contributed by atoms with Gasteiger partial charge < -0.3 is 10.4 Å². The van der Waals surface area contributed by atoms with E-state index in [9.17, 15) is 4.79 Å². The van der Waals surface area contributed by atoms with Crippen molar-refractivity contribution in [2.24, 2.45) is 0 Å². The van der Waals surface area contributed by atoms with Crippen LogP contribution in [0, 0.1) is 6.92 Å². The van der Waals surface area contributed by atoms with Gasteiger partial charge in [0.25, 0.3) is 0 Å². The van der Waals surface area contributed by atoms with Crippen molar-refractivity contribution in [1.82, 2.24) is 0 Å². The van der Waals surface area contributed by atoms with Gasteiger partial charge in [0.2, 0.25) is 5.91 Å². The number of aromatic hydroxyl groups is 1. The molecule has 1 aromatic rings. The molecule has 0 aliphatic heterocycles. The second-order valence-corrected chi connectivity index (χ2v) is 2.10. The Kier molecular flexibility index (Phi) is 2.11. The van der Waals surface area contributed by atoms with Gasteiger partial charge in [-0.05, 0) is 24.3 Å². The number of phenolic OH excluding ortho intramolecular Hbond substituents is 1. The van der Waals surface area contributed by atoms with Gasteiger partial charge in [0.1, 0.15) is 5.75 Å². The predicted octanol–water partition coefficient (Wildman–Crippen LogP) is 1.16. The van der Waals surface area contributed by atoms with E-state index in [2.05, 4.69) is 12.2 Å². The summed E-state index contributed by atoms with van der Waals surface area (Å²) in [5.74, 6) is -0.192. The molecule has 57 valence electrons. The van der Waals surface area contributed by atoms with E-state index in [-0.39, 0.29) is 11.7 Å². The highest BCUT2D eigenvalue weighted by Gasteiger charge is 1.93. The Morgan fingerprint density at radius 2 is 1.91 bits per heavy atom. The molecule has 3 nitrogen and oxygen atoms in total. The van der Waals surface area contributed by atoms with Gasteiger partial charge in [-0.25, -0.2) is 0 Å². The molecular weight excluding hydrogens is 142 g/mol. The van der Waals surface area contributed by atoms with Gasteiger partial charge in [-0.2, -0.15) is 0 Å². The van der Waals surface area contributed by atoms with Crippen LogP contribution < -0.4 is 5.32 Å². The van der Waals surface area contributed by atoms with E-state index in [0.29, 0.717) is 5.69 Å². The number of carbonyl (C=O) groups excluding carboxylic acids is 1. The molecule has 2 N–H and O–H groups in total. The molecule has 1 radical (unpaired) electrons. The number of benzene rings is 1. The van der Waals surface area contributed by atoms with Crippen LogP contribution in [-0.2, 0) is 4.79 Å². The topological polar surface area (TPSA) is 49.3 Å². The van der Waals surface area contributed by atoms with Gasteiger partial charge in [-0.15, -0.1) is 0 Å². The van der Waals surface area contributed by atoms with E-state index in [4.69, 9.17) is 5.11 Å². The summed E-state index contributed by atoms with van der Waals surface area (Å²) in [5, 5.41) is 11.3. The average molecular weight is 150 g/mol. The fourth-order valence-electron chi connectivity index (χ4n) is 0.706. The lowest BCUT2D eigenvalue weighted by Gasteiger charge is -1.99. The highest BCUT2D eigenvalue weighted by Crippen LogP contribution is 2.12. The summed E-state index contributed by atoms with van der Waals surface area (Å²) >= 11 is 0. The van der Waals surface area contributed by atoms with Crippen molar-refractivity contribution < 1.29 is 9.90 Å². The molecule has 0 aliphatic carbocycles. The van der Waals surface area contributed by atoms with Crippen LogP contribution in [0.1, 0.15) is 0 Å². The molecule has 3 heteroatoms. The van der Waals surface area contributed by atoms with Crippen LogP contribution in [0.5, 0.6) is 5.75 Å². The Bertz CT molecular complexity index is 253. The molecule has 0 saturated carbocycles. The van der Waals surface area contributed by atoms with E-state index in [0.717, 1.165) is 0 Å². The molecule has 0 spiro atoms. The maximum Gasteiger partial charge on any atom is 0.224 e. The minimum atomic E-state index is -0.365. The lowest BCUT2D eigenvalue weighted by Crippen LogP contribution is -2.05. The van der Waals surface area contributed by atoms with E-state index in [1.54, 1.807) is 12.1 Å². The lowest BCUT2D eigenvalue weighted by molar-refractivity contribution is -0.112. The lowest BCUT2D eigenvalue weighted by atomic mass is 10.3. The molecule has 11 heavy (non-hydrogen) atoms. The van der Waals surface area contributed by atoms with Crippen LogP contribution in [0.2, 0.25) is 0 Å². The molecule has 0 bridgehead atoms. The second-order valence-electron chi connectivity index (χ2n) is 2.10. The van der Waals surface area contributed by atoms with Crippen molar-refractivity contribution in [2.45, 2.75) is 0 Å². The maximum absolute atomic E-state index is 10.4. The van der Waals surface area contributed by atoms with Gasteiger partial charge in [0.15, 0.2) is 0 Å². The maximum atomic E-state index is 10.4. The average Bonchev–Trinajstić information content (AvgIpc) is 1.93. The molecule has 1 aromatic carbocycles. The minimum Gasteiger partial charge on any atom is -0.508 e. The third-order valence-electron chi connectivity index (χ3n) is 1.15. The number of amides is 1. The summed E-state index contributed by atoms with van der Waals surface area (Å²) in [6, 6.07) is 6.17. The molecule has 0 atom stereocenters. The summed E-state index contributed by atoms with van der Waals surface area (Å²) < 4.78 is 0. The highest BCUT2D eigenvalue weighted by atomic mass is 16.3. The van der Waals surface area contributed by atoms with E-state index in [1.807, 2.05) is 0 Å². The van der Waals surface area contributed by atoms with Crippen LogP contribution >= 0.6 is 0 Å². The van der Waals surface area contributed by atoms with Crippen molar-refractivity contribution in [3.8, 4) is 5.75 Å². The molecule has 0 saturated heterocycles. The summed E-state index contributed by atoms with van der Waals surface area (Å²) in [4.78, 5) is 10.4. The fourth-order valence-corrected chi connectivity index (χ4v) is 0.706. The molecule has 0 unspecified atom stereocenters. The monoisotopic (exact) mass is 150 g/mol. The van der Waals surface area contributed by atoms with Crippen LogP contribution in [0.25, 0.3) is 0 Å². The summed E-state index contributed by atoms with van der Waals surface area (Å²) in [6.07, 6.45) is 0. The van der Waals surface area contributed by atoms with E-state index in [1.165, 1.54) is 12.1 Å². The quantitative estimate of drug-likeness (QED) is 0.590. The zero-order valence-corrected chi connectivity index (χ0v) is 5.87. The smallest absolute Gasteiger partial charge is 0.224 e. The Hall–Kier alpha value is -1.51. The van der Waals surface area contributed by atoms with Gasteiger partial charge in [-0.1, -0.05) is 0 Å². The van der Waals surface area contributed by atoms with Crippen LogP contribution in [0.4, 0.5) is 5.69 Å². The SMILES string of the molecule is [CH2]C(=O)Nc1ccc(O)cc1. The third-order valence-corrected chi connectivity index (χ3v) is 1.15. The van der Waals surface area contributed by atoms with E-state index < -0.39 is 0 Å². The number of nitrogens with one attached hydrogen (secondary N) is 1. The van der Waals surface area contributed by atoms with Crippen LogP contribution in [0.3, 0.4) is 0 Å². The van der Waals surface area contributed by atoms with E-state index >= 15 is 0 Å². The normalized spacial score (nSPS) is 9.18.